The van der Waals surface area contributed by atoms with Gasteiger partial charge in [0, 0.05) is 47.8 Å². The minimum atomic E-state index is -4.38. The monoisotopic (exact) mass is 458 g/mol. The standard InChI is InChI=1S/C21H17F3N6OS/c1-30-12-17(18(29-30)13-6-8-25-9-7-13)28-20(31)27-11-16-10-26-19(32-16)14-2-4-15(5-3-14)21(22,23)24/h2-10,12H,11H2,1H3,(H2,27,28,31). The molecule has 2 amide bonds. The van der Waals surface area contributed by atoms with Crippen LogP contribution >= 0.6 is 11.3 Å². The zero-order chi connectivity index (χ0) is 22.7. The molecule has 0 aliphatic carbocycles. The summed E-state index contributed by atoms with van der Waals surface area (Å²) >= 11 is 1.29. The molecule has 11 heteroatoms. The van der Waals surface area contributed by atoms with Gasteiger partial charge in [-0.2, -0.15) is 18.3 Å². The molecular weight excluding hydrogens is 441 g/mol. The number of amides is 2. The lowest BCUT2D eigenvalue weighted by Gasteiger charge is -2.07. The molecular formula is C21H17F3N6OS. The Hall–Kier alpha value is -3.73. The number of carbonyl (C=O) groups excluding carboxylic acids is 1. The predicted molar refractivity (Wildman–Crippen MR) is 115 cm³/mol. The van der Waals surface area contributed by atoms with Crippen LogP contribution in [0.2, 0.25) is 0 Å². The Morgan fingerprint density at radius 3 is 2.50 bits per heavy atom. The van der Waals surface area contributed by atoms with Crippen molar-refractivity contribution >= 4 is 23.1 Å². The summed E-state index contributed by atoms with van der Waals surface area (Å²) in [5.41, 5.74) is 1.85. The third kappa shape index (κ3) is 4.94. The Labute approximate surface area is 185 Å². The number of urea groups is 1. The molecule has 7 nitrogen and oxygen atoms in total. The summed E-state index contributed by atoms with van der Waals surface area (Å²) < 4.78 is 39.7. The van der Waals surface area contributed by atoms with Crippen LogP contribution in [0, 0.1) is 0 Å². The third-order valence-corrected chi connectivity index (χ3v) is 5.51. The summed E-state index contributed by atoms with van der Waals surface area (Å²) in [4.78, 5) is 21.4. The number of carbonyl (C=O) groups is 1. The third-order valence-electron chi connectivity index (χ3n) is 4.47. The largest absolute Gasteiger partial charge is 0.416 e. The van der Waals surface area contributed by atoms with E-state index in [0.717, 1.165) is 22.6 Å². The van der Waals surface area contributed by atoms with Crippen LogP contribution in [0.25, 0.3) is 21.8 Å². The van der Waals surface area contributed by atoms with Crippen LogP contribution in [0.15, 0.2) is 61.2 Å². The van der Waals surface area contributed by atoms with E-state index in [-0.39, 0.29) is 6.54 Å². The number of hydrogen-bond acceptors (Lipinski definition) is 5. The number of rotatable bonds is 5. The lowest BCUT2D eigenvalue weighted by Crippen LogP contribution is -2.27. The van der Waals surface area contributed by atoms with E-state index >= 15 is 0 Å². The van der Waals surface area contributed by atoms with Crippen molar-refractivity contribution in [3.8, 4) is 21.8 Å². The molecule has 164 valence electrons. The van der Waals surface area contributed by atoms with Crippen LogP contribution in [0.3, 0.4) is 0 Å². The number of halogens is 3. The molecule has 0 saturated carbocycles. The van der Waals surface area contributed by atoms with Gasteiger partial charge < -0.3 is 10.6 Å². The summed E-state index contributed by atoms with van der Waals surface area (Å²) in [6.07, 6.45) is 2.20. The second-order valence-electron chi connectivity index (χ2n) is 6.82. The quantitative estimate of drug-likeness (QED) is 0.443. The van der Waals surface area contributed by atoms with Crippen LogP contribution in [0.5, 0.6) is 0 Å². The van der Waals surface area contributed by atoms with Gasteiger partial charge in [-0.1, -0.05) is 12.1 Å². The zero-order valence-electron chi connectivity index (χ0n) is 16.7. The summed E-state index contributed by atoms with van der Waals surface area (Å²) in [5, 5.41) is 10.5. The summed E-state index contributed by atoms with van der Waals surface area (Å²) in [6.45, 7) is 0.217. The van der Waals surface area contributed by atoms with Gasteiger partial charge in [-0.15, -0.1) is 11.3 Å². The summed E-state index contributed by atoms with van der Waals surface area (Å²) in [7, 11) is 1.76. The molecule has 3 heterocycles. The molecule has 0 fully saturated rings. The molecule has 0 aliphatic rings. The molecule has 0 atom stereocenters. The van der Waals surface area contributed by atoms with Gasteiger partial charge in [-0.05, 0) is 24.3 Å². The van der Waals surface area contributed by atoms with Crippen molar-refractivity contribution in [2.75, 3.05) is 5.32 Å². The van der Waals surface area contributed by atoms with Gasteiger partial charge in [0.1, 0.15) is 10.7 Å². The number of aryl methyl sites for hydroxylation is 1. The SMILES string of the molecule is Cn1cc(NC(=O)NCc2cnc(-c3ccc(C(F)(F)F)cc3)s2)c(-c2ccncc2)n1. The number of nitrogens with zero attached hydrogens (tertiary/aromatic N) is 4. The van der Waals surface area contributed by atoms with E-state index in [9.17, 15) is 18.0 Å². The number of aromatic nitrogens is 4. The predicted octanol–water partition coefficient (Wildman–Crippen LogP) is 4.95. The number of benzene rings is 1. The van der Waals surface area contributed by atoms with E-state index in [1.807, 2.05) is 0 Å². The molecule has 4 aromatic rings. The smallest absolute Gasteiger partial charge is 0.333 e. The van der Waals surface area contributed by atoms with E-state index in [0.29, 0.717) is 22.0 Å². The second kappa shape index (κ2) is 8.79. The Kier molecular flexibility index (Phi) is 5.91. The lowest BCUT2D eigenvalue weighted by atomic mass is 10.1. The van der Waals surface area contributed by atoms with E-state index in [4.69, 9.17) is 0 Å². The maximum absolute atomic E-state index is 12.7. The molecule has 3 aromatic heterocycles. The van der Waals surface area contributed by atoms with E-state index in [2.05, 4.69) is 25.7 Å². The van der Waals surface area contributed by atoms with Crippen molar-refractivity contribution in [3.63, 3.8) is 0 Å². The van der Waals surface area contributed by atoms with Crippen molar-refractivity contribution in [2.45, 2.75) is 12.7 Å². The molecule has 1 aromatic carbocycles. The maximum atomic E-state index is 12.7. The first-order valence-electron chi connectivity index (χ1n) is 9.41. The Morgan fingerprint density at radius 1 is 1.09 bits per heavy atom. The number of nitrogens with one attached hydrogen (secondary N) is 2. The van der Waals surface area contributed by atoms with Crippen molar-refractivity contribution in [2.24, 2.45) is 7.05 Å². The van der Waals surface area contributed by atoms with Gasteiger partial charge in [0.2, 0.25) is 0 Å². The minimum Gasteiger partial charge on any atom is -0.333 e. The van der Waals surface area contributed by atoms with Crippen LogP contribution < -0.4 is 10.6 Å². The molecule has 0 bridgehead atoms. The lowest BCUT2D eigenvalue weighted by molar-refractivity contribution is -0.137. The molecule has 32 heavy (non-hydrogen) atoms. The Morgan fingerprint density at radius 2 is 1.81 bits per heavy atom. The molecule has 2 N–H and O–H groups in total. The highest BCUT2D eigenvalue weighted by Gasteiger charge is 2.30. The Bertz CT molecular complexity index is 1220. The zero-order valence-corrected chi connectivity index (χ0v) is 17.5. The number of anilines is 1. The molecule has 0 radical (unpaired) electrons. The summed E-state index contributed by atoms with van der Waals surface area (Å²) in [6, 6.07) is 7.99. The average molecular weight is 458 g/mol. The highest BCUT2D eigenvalue weighted by molar-refractivity contribution is 7.15. The van der Waals surface area contributed by atoms with Gasteiger partial charge in [-0.3, -0.25) is 9.67 Å². The normalized spacial score (nSPS) is 11.4. The number of alkyl halides is 3. The second-order valence-corrected chi connectivity index (χ2v) is 7.93. The number of hydrogen-bond donors (Lipinski definition) is 2. The van der Waals surface area contributed by atoms with Gasteiger partial charge >= 0.3 is 12.2 Å². The molecule has 0 spiro atoms. The van der Waals surface area contributed by atoms with Crippen molar-refractivity contribution < 1.29 is 18.0 Å². The van der Waals surface area contributed by atoms with Crippen LogP contribution in [0.4, 0.5) is 23.7 Å². The van der Waals surface area contributed by atoms with Crippen molar-refractivity contribution in [1.82, 2.24) is 25.1 Å². The van der Waals surface area contributed by atoms with Crippen LogP contribution in [0.1, 0.15) is 10.4 Å². The van der Waals surface area contributed by atoms with Gasteiger partial charge in [0.05, 0.1) is 17.8 Å². The topological polar surface area (TPSA) is 84.7 Å². The van der Waals surface area contributed by atoms with Gasteiger partial charge in [0.15, 0.2) is 0 Å². The Balaban J connectivity index is 1.38. The minimum absolute atomic E-state index is 0.217. The van der Waals surface area contributed by atoms with Gasteiger partial charge in [-0.25, -0.2) is 9.78 Å². The fourth-order valence-corrected chi connectivity index (χ4v) is 3.82. The molecule has 4 rings (SSSR count). The maximum Gasteiger partial charge on any atom is 0.416 e. The summed E-state index contributed by atoms with van der Waals surface area (Å²) in [5.74, 6) is 0. The van der Waals surface area contributed by atoms with E-state index < -0.39 is 17.8 Å². The highest BCUT2D eigenvalue weighted by Crippen LogP contribution is 2.32. The van der Waals surface area contributed by atoms with Crippen LogP contribution in [-0.2, 0) is 19.8 Å². The van der Waals surface area contributed by atoms with E-state index in [1.54, 1.807) is 48.6 Å². The fraction of sp³-hybridized carbons (Fsp3) is 0.143. The highest BCUT2D eigenvalue weighted by atomic mass is 32.1. The first kappa shape index (κ1) is 21.5. The first-order valence-corrected chi connectivity index (χ1v) is 10.2. The molecule has 0 unspecified atom stereocenters. The molecule has 0 saturated heterocycles. The number of pyridine rings is 1. The fourth-order valence-electron chi connectivity index (χ4n) is 2.96. The molecule has 0 aliphatic heterocycles. The number of thiazole rings is 1. The van der Waals surface area contributed by atoms with E-state index in [1.165, 1.54) is 23.5 Å². The first-order chi connectivity index (χ1) is 15.3. The van der Waals surface area contributed by atoms with Gasteiger partial charge in [0.25, 0.3) is 0 Å². The average Bonchev–Trinajstić information content (AvgIpc) is 3.39. The van der Waals surface area contributed by atoms with Crippen LogP contribution in [-0.4, -0.2) is 25.8 Å². The van der Waals surface area contributed by atoms with Crippen molar-refractivity contribution in [1.29, 1.82) is 0 Å². The van der Waals surface area contributed by atoms with Crippen molar-refractivity contribution in [3.05, 3.63) is 71.6 Å².